The van der Waals surface area contributed by atoms with Crippen LogP contribution in [0.25, 0.3) is 66.8 Å². The van der Waals surface area contributed by atoms with Crippen molar-refractivity contribution in [2.45, 2.75) is 16.7 Å². The highest BCUT2D eigenvalue weighted by Gasteiger charge is 2.65. The molecule has 14 rings (SSSR count). The summed E-state index contributed by atoms with van der Waals surface area (Å²) in [6.07, 6.45) is 0. The van der Waals surface area contributed by atoms with Crippen molar-refractivity contribution in [3.63, 3.8) is 0 Å². The Morgan fingerprint density at radius 1 is 0.226 bits per heavy atom. The van der Waals surface area contributed by atoms with E-state index in [0.717, 1.165) is 117 Å². The first-order valence-electron chi connectivity index (χ1n) is 30.6. The van der Waals surface area contributed by atoms with Gasteiger partial charge in [0.15, 0.2) is 0 Å². The average molecular weight is 1230 g/mol. The van der Waals surface area contributed by atoms with Crippen LogP contribution in [0, 0.1) is 0 Å². The zero-order chi connectivity index (χ0) is 64.5. The summed E-state index contributed by atoms with van der Waals surface area (Å²) >= 11 is 0. The van der Waals surface area contributed by atoms with Crippen molar-refractivity contribution in [2.24, 2.45) is 22.9 Å². The molecule has 0 bridgehead atoms. The maximum Gasteiger partial charge on any atom is 0.118 e. The minimum absolute atomic E-state index is 0.640. The van der Waals surface area contributed by atoms with Gasteiger partial charge in [0, 0.05) is 22.3 Å². The van der Waals surface area contributed by atoms with E-state index in [9.17, 15) is 0 Å². The zero-order valence-electron chi connectivity index (χ0n) is 53.0. The van der Waals surface area contributed by atoms with Crippen LogP contribution in [-0.2, 0) is 5.41 Å². The van der Waals surface area contributed by atoms with Crippen LogP contribution in [0.2, 0.25) is 0 Å². The highest BCUT2D eigenvalue weighted by atomic mass is 16.5. The number of allylic oxidation sites excluding steroid dienone is 6. The maximum absolute atomic E-state index is 8.58. The van der Waals surface area contributed by atoms with Crippen LogP contribution in [0.3, 0.4) is 0 Å². The molecule has 0 amide bonds. The fraction of sp³-hybridized carbons (Fsp3) is 0.136. The summed E-state index contributed by atoms with van der Waals surface area (Å²) in [4.78, 5) is 0. The van der Waals surface area contributed by atoms with E-state index >= 15 is 0 Å². The van der Waals surface area contributed by atoms with Gasteiger partial charge in [-0.05, 0) is 208 Å². The fourth-order valence-electron chi connectivity index (χ4n) is 14.8. The third-order valence-electron chi connectivity index (χ3n) is 18.9. The van der Waals surface area contributed by atoms with Gasteiger partial charge < -0.3 is 60.8 Å². The molecule has 1 spiro atoms. The predicted molar refractivity (Wildman–Crippen MR) is 371 cm³/mol. The van der Waals surface area contributed by atoms with Crippen molar-refractivity contribution in [1.82, 2.24) is 0 Å². The van der Waals surface area contributed by atoms with Gasteiger partial charge in [-0.3, -0.25) is 0 Å². The SMILES string of the molecule is COc1ccc(C2=C(c3ccc(OC)cc3)C(N)(N)C(c3ccc(OC)cc3)=C3C2=C2C(c4ccc(OC)cc4)=C(c4ccc(OC)cc4)C(N)(N)C(c4ccc(OC)cc4)=C2C32c3ccccc3-c3ccc(-c4ccc(OC)cc4)c(-c4ccc(OC)cc4)c32)cc1. The summed E-state index contributed by atoms with van der Waals surface area (Å²) in [5, 5.41) is 0. The Balaban J connectivity index is 1.33. The molecule has 0 heterocycles. The minimum atomic E-state index is -1.85. The van der Waals surface area contributed by atoms with Crippen molar-refractivity contribution in [3.05, 3.63) is 297 Å². The smallest absolute Gasteiger partial charge is 0.118 e. The molecule has 0 saturated heterocycles. The third kappa shape index (κ3) is 9.35. The van der Waals surface area contributed by atoms with Gasteiger partial charge in [0.1, 0.15) is 57.3 Å². The van der Waals surface area contributed by atoms with Crippen LogP contribution in [0.4, 0.5) is 0 Å². The molecule has 462 valence electrons. The van der Waals surface area contributed by atoms with Crippen LogP contribution in [0.15, 0.2) is 253 Å². The van der Waals surface area contributed by atoms with E-state index < -0.39 is 16.7 Å². The van der Waals surface area contributed by atoms with Crippen molar-refractivity contribution in [3.8, 4) is 79.4 Å². The Kier molecular flexibility index (Phi) is 15.1. The molecule has 0 aromatic heterocycles. The number of rotatable bonds is 16. The molecule has 0 unspecified atom stereocenters. The van der Waals surface area contributed by atoms with E-state index in [4.69, 9.17) is 60.8 Å². The van der Waals surface area contributed by atoms with Gasteiger partial charge in [0.05, 0.1) is 62.3 Å². The molecule has 0 atom stereocenters. The van der Waals surface area contributed by atoms with Crippen LogP contribution < -0.4 is 60.8 Å². The molecule has 4 aliphatic rings. The summed E-state index contributed by atoms with van der Waals surface area (Å²) < 4.78 is 47.4. The third-order valence-corrected chi connectivity index (χ3v) is 18.9. The molecule has 10 aromatic carbocycles. The van der Waals surface area contributed by atoms with E-state index in [1.807, 2.05) is 121 Å². The molecule has 0 aliphatic heterocycles. The molecular formula is C81H70N4O8. The first-order chi connectivity index (χ1) is 45.3. The van der Waals surface area contributed by atoms with E-state index in [2.05, 4.69) is 109 Å². The molecule has 10 aromatic rings. The first-order valence-corrected chi connectivity index (χ1v) is 30.6. The van der Waals surface area contributed by atoms with Crippen LogP contribution in [-0.4, -0.2) is 68.2 Å². The number of hydrogen-bond acceptors (Lipinski definition) is 12. The van der Waals surface area contributed by atoms with Gasteiger partial charge in [-0.25, -0.2) is 0 Å². The summed E-state index contributed by atoms with van der Waals surface area (Å²) in [7, 11) is 13.4. The molecule has 8 N–H and O–H groups in total. The number of methoxy groups -OCH3 is 8. The van der Waals surface area contributed by atoms with Crippen molar-refractivity contribution >= 4 is 33.4 Å². The normalized spacial score (nSPS) is 15.6. The lowest BCUT2D eigenvalue weighted by Gasteiger charge is -2.46. The Hall–Kier alpha value is -10.9. The van der Waals surface area contributed by atoms with E-state index in [1.165, 1.54) is 0 Å². The number of nitrogens with two attached hydrogens (primary N) is 4. The number of hydrogen-bond donors (Lipinski definition) is 4. The Labute approximate surface area is 541 Å². The minimum Gasteiger partial charge on any atom is -0.497 e. The van der Waals surface area contributed by atoms with Gasteiger partial charge in [0.25, 0.3) is 0 Å². The zero-order valence-corrected chi connectivity index (χ0v) is 53.0. The van der Waals surface area contributed by atoms with Crippen LogP contribution in [0.1, 0.15) is 44.5 Å². The molecule has 0 saturated carbocycles. The fourth-order valence-corrected chi connectivity index (χ4v) is 14.8. The van der Waals surface area contributed by atoms with E-state index in [-0.39, 0.29) is 0 Å². The molecule has 0 radical (unpaired) electrons. The van der Waals surface area contributed by atoms with E-state index in [1.54, 1.807) is 56.9 Å². The summed E-state index contributed by atoms with van der Waals surface area (Å²) in [6.45, 7) is 0. The molecule has 4 aliphatic carbocycles. The van der Waals surface area contributed by atoms with Crippen LogP contribution >= 0.6 is 0 Å². The Morgan fingerprint density at radius 2 is 0.495 bits per heavy atom. The molecule has 93 heavy (non-hydrogen) atoms. The largest absolute Gasteiger partial charge is 0.497 e. The topological polar surface area (TPSA) is 178 Å². The quantitative estimate of drug-likeness (QED) is 0.0674. The predicted octanol–water partition coefficient (Wildman–Crippen LogP) is 15.1. The second kappa shape index (κ2) is 23.4. The van der Waals surface area contributed by atoms with Crippen molar-refractivity contribution < 1.29 is 37.9 Å². The average Bonchev–Trinajstić information content (AvgIpc) is 1.48. The lowest BCUT2D eigenvalue weighted by Crippen LogP contribution is -2.55. The molecule has 12 nitrogen and oxygen atoms in total. The first kappa shape index (κ1) is 59.7. The summed E-state index contributed by atoms with van der Waals surface area (Å²) in [5.41, 5.74) is 48.8. The van der Waals surface area contributed by atoms with Gasteiger partial charge in [0.2, 0.25) is 0 Å². The monoisotopic (exact) mass is 1230 g/mol. The number of fused-ring (bicyclic) bond motifs is 9. The number of ether oxygens (including phenoxy) is 8. The maximum atomic E-state index is 8.58. The van der Waals surface area contributed by atoms with Gasteiger partial charge >= 0.3 is 0 Å². The molecule has 12 heteroatoms. The van der Waals surface area contributed by atoms with Crippen molar-refractivity contribution in [2.75, 3.05) is 56.9 Å². The highest BCUT2D eigenvalue weighted by Crippen LogP contribution is 2.75. The lowest BCUT2D eigenvalue weighted by atomic mass is 9.58. The second-order valence-electron chi connectivity index (χ2n) is 23.5. The van der Waals surface area contributed by atoms with Gasteiger partial charge in [-0.1, -0.05) is 133 Å². The Bertz CT molecular complexity index is 4530. The highest BCUT2D eigenvalue weighted by molar-refractivity contribution is 6.25. The van der Waals surface area contributed by atoms with Crippen molar-refractivity contribution in [1.29, 1.82) is 0 Å². The van der Waals surface area contributed by atoms with Gasteiger partial charge in [-0.2, -0.15) is 0 Å². The second-order valence-corrected chi connectivity index (χ2v) is 23.5. The standard InChI is InChI=1S/C81H70N4O8/c1-86-55-29-13-47(14-30-55)63-45-46-65-64-11-9-10-12-66(64)79(76(65)67(63)48-15-31-56(87-2)32-16-48)77-70(68(49-17-33-57(88-3)34-18-49)72(51-21-37-59(90-5)38-22-51)80(82,83)74(77)53-25-41-61(92-7)42-26-53)71-69(50-19-35-58(89-4)36-20-50)73(52-23-39-60(91-6)40-24-52)81(84,85)75(78(71)79)54-27-43-62(93-8)44-28-54/h9-46H,82-85H2,1-8H3. The van der Waals surface area contributed by atoms with Crippen LogP contribution in [0.5, 0.6) is 46.0 Å². The summed E-state index contributed by atoms with van der Waals surface area (Å²) in [5.74, 6) is 5.35. The molecule has 0 fully saturated rings. The summed E-state index contributed by atoms with van der Waals surface area (Å²) in [6, 6.07) is 78.2. The van der Waals surface area contributed by atoms with E-state index in [0.29, 0.717) is 62.5 Å². The lowest BCUT2D eigenvalue weighted by molar-refractivity contribution is 0.414. The molecular weight excluding hydrogens is 1160 g/mol. The Morgan fingerprint density at radius 3 is 0.817 bits per heavy atom. The number of benzene rings is 10. The van der Waals surface area contributed by atoms with Gasteiger partial charge in [-0.15, -0.1) is 0 Å².